The molecule has 0 heterocycles. The van der Waals surface area contributed by atoms with Crippen molar-refractivity contribution in [1.82, 2.24) is 4.90 Å². The molecule has 2 aromatic rings. The molecular weight excluding hydrogens is 336 g/mol. The Balaban J connectivity index is 2.28. The molecule has 0 unspecified atom stereocenters. The summed E-state index contributed by atoms with van der Waals surface area (Å²) in [6.07, 6.45) is 0.258. The first kappa shape index (κ1) is 19.1. The van der Waals surface area contributed by atoms with E-state index in [0.717, 1.165) is 5.56 Å². The average Bonchev–Trinajstić information content (AvgIpc) is 2.61. The highest BCUT2D eigenvalue weighted by molar-refractivity contribution is 5.96. The molecule has 0 saturated carbocycles. The van der Waals surface area contributed by atoms with Gasteiger partial charge >= 0.3 is 5.97 Å². The van der Waals surface area contributed by atoms with Crippen LogP contribution in [0.5, 0.6) is 0 Å². The van der Waals surface area contributed by atoms with E-state index in [-0.39, 0.29) is 30.1 Å². The molecule has 7 nitrogen and oxygen atoms in total. The van der Waals surface area contributed by atoms with E-state index in [0.29, 0.717) is 18.5 Å². The lowest BCUT2D eigenvalue weighted by atomic mass is 10.1. The molecule has 0 aliphatic rings. The largest absolute Gasteiger partial charge is 0.481 e. The molecule has 0 saturated heterocycles. The predicted octanol–water partition coefficient (Wildman–Crippen LogP) is 3.41. The zero-order valence-electron chi connectivity index (χ0n) is 14.4. The summed E-state index contributed by atoms with van der Waals surface area (Å²) in [6, 6.07) is 13.5. The third-order valence-corrected chi connectivity index (χ3v) is 3.98. The highest BCUT2D eigenvalue weighted by Gasteiger charge is 2.21. The second-order valence-corrected chi connectivity index (χ2v) is 5.97. The zero-order chi connectivity index (χ0) is 19.1. The van der Waals surface area contributed by atoms with Crippen molar-refractivity contribution in [3.63, 3.8) is 0 Å². The van der Waals surface area contributed by atoms with Crippen LogP contribution in [-0.4, -0.2) is 33.4 Å². The number of nitrogens with zero attached hydrogens (tertiary/aromatic N) is 2. The topological polar surface area (TPSA) is 101 Å². The lowest BCUT2D eigenvalue weighted by molar-refractivity contribution is -0.384. The Bertz CT molecular complexity index is 805. The highest BCUT2D eigenvalue weighted by atomic mass is 16.6. The van der Waals surface area contributed by atoms with Crippen LogP contribution in [0.1, 0.15) is 34.3 Å². The Morgan fingerprint density at radius 1 is 1.15 bits per heavy atom. The van der Waals surface area contributed by atoms with Gasteiger partial charge in [-0.3, -0.25) is 19.7 Å². The minimum absolute atomic E-state index is 0.0491. The van der Waals surface area contributed by atoms with Gasteiger partial charge in [-0.1, -0.05) is 36.4 Å². The molecule has 136 valence electrons. The number of aliphatic carboxylic acids is 1. The Kier molecular flexibility index (Phi) is 6.43. The van der Waals surface area contributed by atoms with E-state index in [1.807, 2.05) is 30.3 Å². The summed E-state index contributed by atoms with van der Waals surface area (Å²) in [7, 11) is 0. The summed E-state index contributed by atoms with van der Waals surface area (Å²) in [5.41, 5.74) is 1.64. The number of hydrogen-bond acceptors (Lipinski definition) is 4. The summed E-state index contributed by atoms with van der Waals surface area (Å²) < 4.78 is 0. The van der Waals surface area contributed by atoms with Crippen LogP contribution in [0.4, 0.5) is 5.69 Å². The standard InChI is InChI=1S/C19H20N2O5/c1-14-9-10-16(21(25)26)12-17(14)19(24)20(11-5-8-18(22)23)13-15-6-3-2-4-7-15/h2-4,6-7,9-10,12H,5,8,11,13H2,1H3,(H,22,23). The van der Waals surface area contributed by atoms with Gasteiger partial charge in [-0.2, -0.15) is 0 Å². The monoisotopic (exact) mass is 356 g/mol. The van der Waals surface area contributed by atoms with Gasteiger partial charge in [0.15, 0.2) is 0 Å². The van der Waals surface area contributed by atoms with E-state index in [2.05, 4.69) is 0 Å². The number of rotatable bonds is 8. The number of non-ortho nitro benzene ring substituents is 1. The Labute approximate surface area is 151 Å². The quantitative estimate of drug-likeness (QED) is 0.577. The molecule has 0 aromatic heterocycles. The molecule has 0 atom stereocenters. The second-order valence-electron chi connectivity index (χ2n) is 5.97. The molecule has 0 aliphatic heterocycles. The summed E-state index contributed by atoms with van der Waals surface area (Å²) >= 11 is 0. The summed E-state index contributed by atoms with van der Waals surface area (Å²) in [4.78, 5) is 35.8. The maximum atomic E-state index is 13.0. The van der Waals surface area contributed by atoms with Gasteiger partial charge in [-0.25, -0.2) is 0 Å². The Morgan fingerprint density at radius 2 is 1.85 bits per heavy atom. The fourth-order valence-corrected chi connectivity index (χ4v) is 2.60. The fraction of sp³-hybridized carbons (Fsp3) is 0.263. The van der Waals surface area contributed by atoms with Crippen molar-refractivity contribution in [2.45, 2.75) is 26.3 Å². The second kappa shape index (κ2) is 8.75. The lowest BCUT2D eigenvalue weighted by Crippen LogP contribution is -2.32. The van der Waals surface area contributed by atoms with Crippen LogP contribution in [0, 0.1) is 17.0 Å². The van der Waals surface area contributed by atoms with Gasteiger partial charge in [0.1, 0.15) is 0 Å². The van der Waals surface area contributed by atoms with Crippen LogP contribution in [0.25, 0.3) is 0 Å². The van der Waals surface area contributed by atoms with E-state index < -0.39 is 10.9 Å². The molecule has 0 fully saturated rings. The van der Waals surface area contributed by atoms with Gasteiger partial charge in [0, 0.05) is 37.2 Å². The minimum atomic E-state index is -0.927. The summed E-state index contributed by atoms with van der Waals surface area (Å²) in [5.74, 6) is -1.27. The van der Waals surface area contributed by atoms with Crippen molar-refractivity contribution in [1.29, 1.82) is 0 Å². The van der Waals surface area contributed by atoms with Gasteiger partial charge in [0.2, 0.25) is 0 Å². The average molecular weight is 356 g/mol. The number of hydrogen-bond donors (Lipinski definition) is 1. The highest BCUT2D eigenvalue weighted by Crippen LogP contribution is 2.20. The summed E-state index contributed by atoms with van der Waals surface area (Å²) in [6.45, 7) is 2.28. The molecule has 7 heteroatoms. The van der Waals surface area contributed by atoms with Crippen molar-refractivity contribution in [2.75, 3.05) is 6.54 Å². The van der Waals surface area contributed by atoms with Crippen LogP contribution < -0.4 is 0 Å². The molecule has 1 N–H and O–H groups in total. The van der Waals surface area contributed by atoms with Crippen LogP contribution in [0.2, 0.25) is 0 Å². The maximum absolute atomic E-state index is 13.0. The fourth-order valence-electron chi connectivity index (χ4n) is 2.60. The molecular formula is C19H20N2O5. The Morgan fingerprint density at radius 3 is 2.46 bits per heavy atom. The minimum Gasteiger partial charge on any atom is -0.481 e. The van der Waals surface area contributed by atoms with Crippen LogP contribution in [-0.2, 0) is 11.3 Å². The molecule has 26 heavy (non-hydrogen) atoms. The van der Waals surface area contributed by atoms with Gasteiger partial charge < -0.3 is 10.0 Å². The first-order valence-corrected chi connectivity index (χ1v) is 8.18. The molecule has 2 aromatic carbocycles. The first-order valence-electron chi connectivity index (χ1n) is 8.18. The normalized spacial score (nSPS) is 10.3. The maximum Gasteiger partial charge on any atom is 0.303 e. The van der Waals surface area contributed by atoms with Gasteiger partial charge in [0.05, 0.1) is 4.92 Å². The number of carbonyl (C=O) groups excluding carboxylic acids is 1. The molecule has 0 bridgehead atoms. The lowest BCUT2D eigenvalue weighted by Gasteiger charge is -2.23. The van der Waals surface area contributed by atoms with Crippen molar-refractivity contribution in [3.8, 4) is 0 Å². The molecule has 0 aliphatic carbocycles. The number of aryl methyl sites for hydroxylation is 1. The number of carbonyl (C=O) groups is 2. The SMILES string of the molecule is Cc1ccc([N+](=O)[O-])cc1C(=O)N(CCCC(=O)O)Cc1ccccc1. The van der Waals surface area contributed by atoms with Gasteiger partial charge in [-0.05, 0) is 24.5 Å². The Hall–Kier alpha value is -3.22. The molecule has 1 amide bonds. The molecule has 2 rings (SSSR count). The molecule has 0 radical (unpaired) electrons. The van der Waals surface area contributed by atoms with E-state index in [1.165, 1.54) is 17.0 Å². The van der Waals surface area contributed by atoms with Crippen molar-refractivity contribution < 1.29 is 19.6 Å². The smallest absolute Gasteiger partial charge is 0.303 e. The number of amides is 1. The number of benzene rings is 2. The number of nitro benzene ring substituents is 1. The van der Waals surface area contributed by atoms with Crippen LogP contribution in [0.15, 0.2) is 48.5 Å². The first-order chi connectivity index (χ1) is 12.4. The number of carboxylic acid groups (broad SMARTS) is 1. The number of nitro groups is 1. The summed E-state index contributed by atoms with van der Waals surface area (Å²) in [5, 5.41) is 19.8. The van der Waals surface area contributed by atoms with E-state index in [4.69, 9.17) is 5.11 Å². The van der Waals surface area contributed by atoms with Crippen molar-refractivity contribution >= 4 is 17.6 Å². The third-order valence-electron chi connectivity index (χ3n) is 3.98. The zero-order valence-corrected chi connectivity index (χ0v) is 14.4. The van der Waals surface area contributed by atoms with Gasteiger partial charge in [0.25, 0.3) is 11.6 Å². The number of carboxylic acids is 1. The van der Waals surface area contributed by atoms with E-state index in [1.54, 1.807) is 13.0 Å². The van der Waals surface area contributed by atoms with Gasteiger partial charge in [-0.15, -0.1) is 0 Å². The van der Waals surface area contributed by atoms with Crippen molar-refractivity contribution in [2.24, 2.45) is 0 Å². The van der Waals surface area contributed by atoms with Crippen LogP contribution in [0.3, 0.4) is 0 Å². The predicted molar refractivity (Wildman–Crippen MR) is 95.9 cm³/mol. The molecule has 0 spiro atoms. The van der Waals surface area contributed by atoms with Crippen LogP contribution >= 0.6 is 0 Å². The van der Waals surface area contributed by atoms with E-state index in [9.17, 15) is 19.7 Å². The van der Waals surface area contributed by atoms with E-state index >= 15 is 0 Å². The third kappa shape index (κ3) is 5.14. The van der Waals surface area contributed by atoms with Crippen molar-refractivity contribution in [3.05, 3.63) is 75.3 Å².